The molecule has 0 aliphatic rings. The Bertz CT molecular complexity index is 1040. The monoisotopic (exact) mass is 406 g/mol. The third-order valence-electron chi connectivity index (χ3n) is 3.66. The van der Waals surface area contributed by atoms with Crippen LogP contribution >= 0.6 is 11.3 Å². The topological polar surface area (TPSA) is 68.3 Å². The van der Waals surface area contributed by atoms with E-state index in [1.807, 2.05) is 0 Å². The molecular weight excluding hydrogens is 393 g/mol. The van der Waals surface area contributed by atoms with Crippen LogP contribution in [0.3, 0.4) is 0 Å². The molecule has 0 saturated carbocycles. The number of hydrogen-bond acceptors (Lipinski definition) is 5. The Kier molecular flexibility index (Phi) is 5.74. The van der Waals surface area contributed by atoms with Gasteiger partial charge >= 0.3 is 5.97 Å². The number of carbonyl (C=O) groups excluding carboxylic acids is 2. The van der Waals surface area contributed by atoms with Crippen LogP contribution in [0.2, 0.25) is 0 Å². The van der Waals surface area contributed by atoms with E-state index in [1.54, 1.807) is 5.38 Å². The zero-order valence-corrected chi connectivity index (χ0v) is 15.2. The van der Waals surface area contributed by atoms with Crippen molar-refractivity contribution in [2.75, 3.05) is 5.32 Å². The van der Waals surface area contributed by atoms with Crippen molar-refractivity contribution in [1.29, 1.82) is 0 Å². The summed E-state index contributed by atoms with van der Waals surface area (Å²) >= 11 is 1.07. The molecule has 28 heavy (non-hydrogen) atoms. The highest BCUT2D eigenvalue weighted by molar-refractivity contribution is 7.14. The SMILES string of the molecule is C[C@@H](OC(=O)c1cccc(F)c1)C(=O)Nc1nc(-c2ccc(F)c(F)c2)cs1. The lowest BCUT2D eigenvalue weighted by atomic mass is 10.2. The maximum atomic E-state index is 13.3. The molecule has 0 spiro atoms. The Balaban J connectivity index is 1.63. The van der Waals surface area contributed by atoms with E-state index in [-0.39, 0.29) is 10.7 Å². The van der Waals surface area contributed by atoms with Crippen LogP contribution in [0.1, 0.15) is 17.3 Å². The number of halogens is 3. The molecule has 0 aliphatic carbocycles. The predicted octanol–water partition coefficient (Wildman–Crippen LogP) is 4.41. The number of ether oxygens (including phenoxy) is 1. The second-order valence-electron chi connectivity index (χ2n) is 5.71. The fourth-order valence-corrected chi connectivity index (χ4v) is 2.95. The first kappa shape index (κ1) is 19.6. The number of rotatable bonds is 5. The van der Waals surface area contributed by atoms with Gasteiger partial charge in [-0.1, -0.05) is 6.07 Å². The Morgan fingerprint density at radius 3 is 2.61 bits per heavy atom. The normalized spacial score (nSPS) is 11.7. The summed E-state index contributed by atoms with van der Waals surface area (Å²) in [6.45, 7) is 1.36. The summed E-state index contributed by atoms with van der Waals surface area (Å²) in [6, 6.07) is 8.25. The highest BCUT2D eigenvalue weighted by Gasteiger charge is 2.20. The van der Waals surface area contributed by atoms with E-state index < -0.39 is 35.4 Å². The Labute approximate surface area is 161 Å². The molecule has 1 N–H and O–H groups in total. The second-order valence-corrected chi connectivity index (χ2v) is 6.57. The molecule has 0 bridgehead atoms. The molecule has 1 aromatic heterocycles. The Hall–Kier alpha value is -3.20. The van der Waals surface area contributed by atoms with Crippen LogP contribution in [0.4, 0.5) is 18.3 Å². The number of esters is 1. The number of hydrogen-bond donors (Lipinski definition) is 1. The van der Waals surface area contributed by atoms with E-state index in [9.17, 15) is 22.8 Å². The third kappa shape index (κ3) is 4.55. The molecule has 0 fully saturated rings. The van der Waals surface area contributed by atoms with Crippen LogP contribution in [0.25, 0.3) is 11.3 Å². The molecule has 2 aromatic carbocycles. The number of carbonyl (C=O) groups is 2. The van der Waals surface area contributed by atoms with Crippen molar-refractivity contribution in [3.05, 3.63) is 70.9 Å². The molecule has 1 heterocycles. The lowest BCUT2D eigenvalue weighted by Gasteiger charge is -2.12. The van der Waals surface area contributed by atoms with Gasteiger partial charge in [-0.3, -0.25) is 10.1 Å². The number of benzene rings is 2. The standard InChI is InChI=1S/C19H13F3N2O3S/c1-10(27-18(26)12-3-2-4-13(20)7-12)17(25)24-19-23-16(9-28-19)11-5-6-14(21)15(22)8-11/h2-10H,1H3,(H,23,24,25)/t10-/m1/s1. The van der Waals surface area contributed by atoms with Crippen molar-refractivity contribution in [3.8, 4) is 11.3 Å². The lowest BCUT2D eigenvalue weighted by Crippen LogP contribution is -2.30. The predicted molar refractivity (Wildman–Crippen MR) is 97.4 cm³/mol. The van der Waals surface area contributed by atoms with Crippen LogP contribution in [0.15, 0.2) is 47.8 Å². The van der Waals surface area contributed by atoms with Crippen LogP contribution < -0.4 is 5.32 Å². The molecular formula is C19H13F3N2O3S. The van der Waals surface area contributed by atoms with Crippen LogP contribution in [0, 0.1) is 17.5 Å². The molecule has 9 heteroatoms. The van der Waals surface area contributed by atoms with Crippen molar-refractivity contribution in [2.24, 2.45) is 0 Å². The van der Waals surface area contributed by atoms with Crippen LogP contribution in [-0.4, -0.2) is 23.0 Å². The number of aromatic nitrogens is 1. The molecule has 1 atom stereocenters. The van der Waals surface area contributed by atoms with Gasteiger partial charge in [0, 0.05) is 10.9 Å². The molecule has 3 rings (SSSR count). The minimum absolute atomic E-state index is 0.0190. The zero-order valence-electron chi connectivity index (χ0n) is 14.4. The molecule has 1 amide bonds. The summed E-state index contributed by atoms with van der Waals surface area (Å²) in [5.74, 6) is -4.06. The van der Waals surface area contributed by atoms with Crippen molar-refractivity contribution in [1.82, 2.24) is 4.98 Å². The maximum Gasteiger partial charge on any atom is 0.339 e. The summed E-state index contributed by atoms with van der Waals surface area (Å²) < 4.78 is 44.5. The smallest absolute Gasteiger partial charge is 0.339 e. The van der Waals surface area contributed by atoms with Gasteiger partial charge in [-0.15, -0.1) is 11.3 Å². The van der Waals surface area contributed by atoms with Crippen LogP contribution in [0.5, 0.6) is 0 Å². The average molecular weight is 406 g/mol. The minimum atomic E-state index is -1.16. The zero-order chi connectivity index (χ0) is 20.3. The number of anilines is 1. The first-order valence-corrected chi connectivity index (χ1v) is 8.90. The first-order chi connectivity index (χ1) is 13.3. The molecule has 0 saturated heterocycles. The molecule has 144 valence electrons. The number of thiazole rings is 1. The summed E-state index contributed by atoms with van der Waals surface area (Å²) in [7, 11) is 0. The second kappa shape index (κ2) is 8.22. The van der Waals surface area contributed by atoms with Gasteiger partial charge in [-0.05, 0) is 43.3 Å². The van der Waals surface area contributed by atoms with Gasteiger partial charge in [-0.2, -0.15) is 0 Å². The largest absolute Gasteiger partial charge is 0.449 e. The fourth-order valence-electron chi connectivity index (χ4n) is 2.22. The molecule has 3 aromatic rings. The maximum absolute atomic E-state index is 13.3. The van der Waals surface area contributed by atoms with E-state index in [1.165, 1.54) is 31.2 Å². The van der Waals surface area contributed by atoms with E-state index in [0.29, 0.717) is 11.3 Å². The quantitative estimate of drug-likeness (QED) is 0.638. The van der Waals surface area contributed by atoms with Gasteiger partial charge in [0.25, 0.3) is 5.91 Å². The summed E-state index contributed by atoms with van der Waals surface area (Å²) in [6.07, 6.45) is -1.16. The number of amides is 1. The summed E-state index contributed by atoms with van der Waals surface area (Å²) in [4.78, 5) is 28.3. The lowest BCUT2D eigenvalue weighted by molar-refractivity contribution is -0.123. The Morgan fingerprint density at radius 2 is 1.89 bits per heavy atom. The van der Waals surface area contributed by atoms with Crippen molar-refractivity contribution in [3.63, 3.8) is 0 Å². The van der Waals surface area contributed by atoms with Gasteiger partial charge in [0.2, 0.25) is 0 Å². The van der Waals surface area contributed by atoms with Crippen molar-refractivity contribution < 1.29 is 27.5 Å². The van der Waals surface area contributed by atoms with E-state index in [0.717, 1.165) is 29.5 Å². The molecule has 0 radical (unpaired) electrons. The number of nitrogens with zero attached hydrogens (tertiary/aromatic N) is 1. The summed E-state index contributed by atoms with van der Waals surface area (Å²) in [5, 5.41) is 4.23. The molecule has 0 aliphatic heterocycles. The number of nitrogens with one attached hydrogen (secondary N) is 1. The fraction of sp³-hybridized carbons (Fsp3) is 0.105. The van der Waals surface area contributed by atoms with E-state index in [2.05, 4.69) is 10.3 Å². The first-order valence-electron chi connectivity index (χ1n) is 8.02. The highest BCUT2D eigenvalue weighted by atomic mass is 32.1. The van der Waals surface area contributed by atoms with Crippen LogP contribution in [-0.2, 0) is 9.53 Å². The van der Waals surface area contributed by atoms with Gasteiger partial charge < -0.3 is 4.74 Å². The van der Waals surface area contributed by atoms with E-state index >= 15 is 0 Å². The van der Waals surface area contributed by atoms with Gasteiger partial charge in [0.05, 0.1) is 11.3 Å². The van der Waals surface area contributed by atoms with Crippen molar-refractivity contribution >= 4 is 28.3 Å². The summed E-state index contributed by atoms with van der Waals surface area (Å²) in [5.41, 5.74) is 0.680. The average Bonchev–Trinajstić information content (AvgIpc) is 3.12. The van der Waals surface area contributed by atoms with Gasteiger partial charge in [-0.25, -0.2) is 22.9 Å². The molecule has 5 nitrogen and oxygen atoms in total. The van der Waals surface area contributed by atoms with Crippen molar-refractivity contribution in [2.45, 2.75) is 13.0 Å². The third-order valence-corrected chi connectivity index (χ3v) is 4.42. The van der Waals surface area contributed by atoms with Gasteiger partial charge in [0.1, 0.15) is 5.82 Å². The highest BCUT2D eigenvalue weighted by Crippen LogP contribution is 2.26. The van der Waals surface area contributed by atoms with E-state index in [4.69, 9.17) is 4.74 Å². The molecule has 0 unspecified atom stereocenters. The Morgan fingerprint density at radius 1 is 1.11 bits per heavy atom. The van der Waals surface area contributed by atoms with Gasteiger partial charge in [0.15, 0.2) is 22.9 Å². The minimum Gasteiger partial charge on any atom is -0.449 e.